The molecule has 27 aromatic rings. The molecule has 0 atom stereocenters. The van der Waals surface area contributed by atoms with Crippen molar-refractivity contribution in [3.05, 3.63) is 408 Å². The van der Waals surface area contributed by atoms with Crippen LogP contribution < -0.4 is 0 Å². The molecule has 574 valence electrons. The second kappa shape index (κ2) is 27.2. The van der Waals surface area contributed by atoms with E-state index in [4.69, 9.17) is 34.9 Å². The number of imidazole rings is 10. The van der Waals surface area contributed by atoms with Gasteiger partial charge in [0.15, 0.2) is 0 Å². The number of hydrogen-bond acceptors (Lipinski definition) is 7. The van der Waals surface area contributed by atoms with Gasteiger partial charge in [-0.2, -0.15) is 0 Å². The van der Waals surface area contributed by atoms with Gasteiger partial charge >= 0.3 is 0 Å². The lowest BCUT2D eigenvalue weighted by molar-refractivity contribution is 1.01. The van der Waals surface area contributed by atoms with E-state index >= 15 is 0 Å². The van der Waals surface area contributed by atoms with E-state index in [0.717, 1.165) is 158 Å². The van der Waals surface area contributed by atoms with Gasteiger partial charge in [-0.25, -0.2) is 34.9 Å². The van der Waals surface area contributed by atoms with Crippen molar-refractivity contribution in [2.24, 2.45) is 0 Å². The summed E-state index contributed by atoms with van der Waals surface area (Å²) < 4.78 is 25.8. The van der Waals surface area contributed by atoms with E-state index in [2.05, 4.69) is 335 Å². The van der Waals surface area contributed by atoms with E-state index in [9.17, 15) is 0 Å². The van der Waals surface area contributed by atoms with Crippen molar-refractivity contribution in [1.29, 1.82) is 0 Å². The van der Waals surface area contributed by atoms with Crippen LogP contribution in [-0.2, 0) is 0 Å². The minimum atomic E-state index is 0.825. The summed E-state index contributed by atoms with van der Waals surface area (Å²) in [6.07, 6.45) is 22.4. The van der Waals surface area contributed by atoms with Gasteiger partial charge < -0.3 is 9.13 Å². The predicted molar refractivity (Wildman–Crippen MR) is 488 cm³/mol. The minimum absolute atomic E-state index is 0.825. The quantitative estimate of drug-likeness (QED) is 0.132. The van der Waals surface area contributed by atoms with Gasteiger partial charge in [0, 0.05) is 124 Å². The van der Waals surface area contributed by atoms with Crippen molar-refractivity contribution < 1.29 is 0 Å². The molecular formula is C103H67N19. The zero-order valence-electron chi connectivity index (χ0n) is 65.2. The summed E-state index contributed by atoms with van der Waals surface area (Å²) in [6.45, 7) is 0. The number of nitrogens with zero attached hydrogens (tertiary/aromatic N) is 19. The predicted octanol–water partition coefficient (Wildman–Crippen LogP) is 23.0. The molecule has 0 bridgehead atoms. The highest BCUT2D eigenvalue weighted by Crippen LogP contribution is 2.40. The van der Waals surface area contributed by atoms with Crippen LogP contribution in [0.2, 0.25) is 0 Å². The summed E-state index contributed by atoms with van der Waals surface area (Å²) in [5, 5.41) is 4.98. The molecule has 0 saturated carbocycles. The summed E-state index contributed by atoms with van der Waals surface area (Å²) >= 11 is 0. The Bertz CT molecular complexity index is 8200. The number of rotatable bonds is 10. The third-order valence-corrected chi connectivity index (χ3v) is 23.7. The lowest BCUT2D eigenvalue weighted by atomic mass is 10.0. The smallest absolute Gasteiger partial charge is 0.220 e. The Morgan fingerprint density at radius 3 is 0.926 bits per heavy atom. The van der Waals surface area contributed by atoms with Gasteiger partial charge in [-0.05, 0) is 192 Å². The summed E-state index contributed by atoms with van der Waals surface area (Å²) in [4.78, 5) is 34.0. The number of hydrogen-bond donors (Lipinski definition) is 0. The molecule has 13 aromatic carbocycles. The topological polar surface area (TPSA) is 147 Å². The minimum Gasteiger partial charge on any atom is -0.309 e. The molecular weight excluding hydrogens is 1500 g/mol. The van der Waals surface area contributed by atoms with Gasteiger partial charge in [0.1, 0.15) is 11.6 Å². The van der Waals surface area contributed by atoms with Gasteiger partial charge in [-0.1, -0.05) is 170 Å². The summed E-state index contributed by atoms with van der Waals surface area (Å²) in [6, 6.07) is 119. The molecule has 14 aromatic heterocycles. The Morgan fingerprint density at radius 1 is 0.180 bits per heavy atom. The van der Waals surface area contributed by atoms with Crippen molar-refractivity contribution in [2.75, 3.05) is 0 Å². The Morgan fingerprint density at radius 2 is 0.492 bits per heavy atom. The molecule has 0 spiro atoms. The molecule has 14 heterocycles. The van der Waals surface area contributed by atoms with E-state index in [-0.39, 0.29) is 0 Å². The van der Waals surface area contributed by atoms with Gasteiger partial charge in [0.25, 0.3) is 0 Å². The first-order valence-electron chi connectivity index (χ1n) is 40.6. The van der Waals surface area contributed by atoms with Gasteiger partial charge in [0.05, 0.1) is 82.9 Å². The largest absolute Gasteiger partial charge is 0.309 e. The normalized spacial score (nSPS) is 11.9. The first-order chi connectivity index (χ1) is 60.5. The lowest BCUT2D eigenvalue weighted by Crippen LogP contribution is -1.99. The highest BCUT2D eigenvalue weighted by atomic mass is 15.2. The average molecular weight is 1570 g/mol. The van der Waals surface area contributed by atoms with Crippen LogP contribution in [-0.4, -0.2) is 88.9 Å². The molecule has 19 heteroatoms. The third kappa shape index (κ3) is 10.9. The standard InChI is InChI=1S/C44H28N6.C30H20N6.C29H19N7/c1-5-16-38-33(12-1)34-13-2-6-17-39(34)50(38)32-20-21-41-36(28-32)35-14-3-7-18-40(35)49(41)31-11-9-10-29(26-31)30-22-23-45-43(27-30)48-25-24-47-42-19-8-4-15-37(42)46-44(47)48;1-3-13-27-25(11-1)31-29-33(15-17-35(27)29)23-9-5-7-21(19-23)22-8-6-10-24(20-22)34-16-18-36-28-14-4-2-12-26(28)32-30(34)36;1-3-12-25-23(9-1)31-28-33(15-16-34(25)28)21-8-5-7-20(19-21)22-11-6-14-27(30-22)36-18-17-35-26-13-4-2-10-24(26)32-29(35)36/h1-28H;1-20H;1-19H. The van der Waals surface area contributed by atoms with Crippen molar-refractivity contribution >= 4 is 128 Å². The highest BCUT2D eigenvalue weighted by Gasteiger charge is 2.22. The molecule has 0 aliphatic heterocycles. The lowest BCUT2D eigenvalue weighted by Gasteiger charge is -2.12. The first kappa shape index (κ1) is 68.1. The fourth-order valence-electron chi connectivity index (χ4n) is 18.0. The van der Waals surface area contributed by atoms with Crippen molar-refractivity contribution in [3.8, 4) is 73.6 Å². The Hall–Kier alpha value is -17.2. The average Bonchev–Trinajstić information content (AvgIpc) is 1.59. The van der Waals surface area contributed by atoms with Gasteiger partial charge in [-0.15, -0.1) is 0 Å². The van der Waals surface area contributed by atoms with Crippen LogP contribution in [0.15, 0.2) is 408 Å². The maximum absolute atomic E-state index is 5.00. The number of aromatic nitrogens is 19. The molecule has 0 aliphatic carbocycles. The fourth-order valence-corrected chi connectivity index (χ4v) is 18.0. The second-order valence-corrected chi connectivity index (χ2v) is 30.6. The van der Waals surface area contributed by atoms with Crippen LogP contribution in [0.3, 0.4) is 0 Å². The number of fused-ring (bicyclic) bond motifs is 21. The fraction of sp³-hybridized carbons (Fsp3) is 0. The third-order valence-electron chi connectivity index (χ3n) is 23.7. The van der Waals surface area contributed by atoms with Crippen molar-refractivity contribution in [3.63, 3.8) is 0 Å². The molecule has 27 rings (SSSR count). The van der Waals surface area contributed by atoms with E-state index in [1.165, 1.54) is 43.6 Å². The van der Waals surface area contributed by atoms with E-state index < -0.39 is 0 Å². The Balaban J connectivity index is 0.000000103. The molecule has 0 N–H and O–H groups in total. The van der Waals surface area contributed by atoms with Crippen LogP contribution in [0, 0.1) is 0 Å². The second-order valence-electron chi connectivity index (χ2n) is 30.6. The monoisotopic (exact) mass is 1570 g/mol. The number of pyridine rings is 2. The van der Waals surface area contributed by atoms with Crippen LogP contribution in [0.5, 0.6) is 0 Å². The molecule has 0 fully saturated rings. The maximum Gasteiger partial charge on any atom is 0.220 e. The van der Waals surface area contributed by atoms with Crippen LogP contribution in [0.4, 0.5) is 0 Å². The van der Waals surface area contributed by atoms with Crippen molar-refractivity contribution in [1.82, 2.24) is 88.9 Å². The van der Waals surface area contributed by atoms with Crippen molar-refractivity contribution in [2.45, 2.75) is 0 Å². The molecule has 19 nitrogen and oxygen atoms in total. The van der Waals surface area contributed by atoms with Crippen LogP contribution >= 0.6 is 0 Å². The summed E-state index contributed by atoms with van der Waals surface area (Å²) in [7, 11) is 0. The van der Waals surface area contributed by atoms with E-state index in [0.29, 0.717) is 0 Å². The van der Waals surface area contributed by atoms with Gasteiger partial charge in [-0.3, -0.25) is 44.8 Å². The Labute approximate surface area is 693 Å². The first-order valence-corrected chi connectivity index (χ1v) is 40.6. The van der Waals surface area contributed by atoms with Crippen LogP contribution in [0.1, 0.15) is 0 Å². The molecule has 0 radical (unpaired) electrons. The van der Waals surface area contributed by atoms with E-state index in [1.807, 2.05) is 126 Å². The molecule has 0 amide bonds. The molecule has 0 aliphatic rings. The zero-order valence-corrected chi connectivity index (χ0v) is 65.2. The molecule has 0 unspecified atom stereocenters. The number of para-hydroxylation sites is 13. The SMILES string of the molecule is c1cc(-c2cccc(-n3ccn4c5ccccc5nc34)c2)cc(-n2ccn3c4ccccc4nc23)c1.c1cc(-c2cccc(-n3ccn4c5ccccc5nc34)n2)cc(-n2ccn3c4ccccc4nc23)c1.c1cc(-c2ccnc(-n3ccn4c5ccccc5nc34)c2)cc(-n2c3ccccc3c3cc(-n4c5ccccc5c5ccccc54)ccc32)c1. The maximum atomic E-state index is 5.00. The number of benzene rings is 13. The summed E-state index contributed by atoms with van der Waals surface area (Å²) in [5.41, 5.74) is 27.1. The molecule has 0 saturated heterocycles. The zero-order chi connectivity index (χ0) is 80.0. The van der Waals surface area contributed by atoms with Crippen LogP contribution in [0.25, 0.3) is 201 Å². The van der Waals surface area contributed by atoms with Gasteiger partial charge in [0.2, 0.25) is 28.9 Å². The van der Waals surface area contributed by atoms with E-state index in [1.54, 1.807) is 0 Å². The summed E-state index contributed by atoms with van der Waals surface area (Å²) in [5.74, 6) is 6.03. The highest BCUT2D eigenvalue weighted by molar-refractivity contribution is 6.12. The molecule has 122 heavy (non-hydrogen) atoms. The Kier molecular flexibility index (Phi) is 15.2.